The van der Waals surface area contributed by atoms with Gasteiger partial charge in [-0.25, -0.2) is 0 Å². The lowest BCUT2D eigenvalue weighted by atomic mass is 10.3. The third-order valence-corrected chi connectivity index (χ3v) is 4.16. The number of carbonyl (C=O) groups is 1. The molecule has 0 aliphatic carbocycles. The van der Waals surface area contributed by atoms with E-state index in [-0.39, 0.29) is 12.0 Å². The first-order valence-corrected chi connectivity index (χ1v) is 7.38. The summed E-state index contributed by atoms with van der Waals surface area (Å²) in [5.74, 6) is 1.15. The number of carbonyl (C=O) groups excluding carboxylic acids is 1. The van der Waals surface area contributed by atoms with E-state index in [1.54, 1.807) is 16.7 Å². The second-order valence-electron chi connectivity index (χ2n) is 4.55. The molecule has 0 spiro atoms. The molecule has 18 heavy (non-hydrogen) atoms. The minimum atomic E-state index is -0.312. The van der Waals surface area contributed by atoms with E-state index in [0.717, 1.165) is 18.6 Å². The molecule has 1 amide bonds. The van der Waals surface area contributed by atoms with E-state index in [1.165, 1.54) is 4.90 Å². The SMILES string of the molecule is O=C(CCCSc1ccccc1)N1CC[C@H](O)C1. The maximum Gasteiger partial charge on any atom is 0.222 e. The van der Waals surface area contributed by atoms with E-state index < -0.39 is 0 Å². The van der Waals surface area contributed by atoms with Crippen LogP contribution in [0, 0.1) is 0 Å². The minimum Gasteiger partial charge on any atom is -0.391 e. The van der Waals surface area contributed by atoms with Crippen molar-refractivity contribution in [3.05, 3.63) is 30.3 Å². The molecular weight excluding hydrogens is 246 g/mol. The molecule has 1 aliphatic rings. The topological polar surface area (TPSA) is 40.5 Å². The van der Waals surface area contributed by atoms with Crippen molar-refractivity contribution in [2.24, 2.45) is 0 Å². The van der Waals surface area contributed by atoms with Crippen LogP contribution in [0.15, 0.2) is 35.2 Å². The van der Waals surface area contributed by atoms with E-state index in [1.807, 2.05) is 18.2 Å². The van der Waals surface area contributed by atoms with Gasteiger partial charge in [-0.05, 0) is 30.7 Å². The number of aliphatic hydroxyl groups is 1. The molecule has 0 unspecified atom stereocenters. The predicted octanol–water partition coefficient (Wildman–Crippen LogP) is 2.15. The molecular formula is C14H19NO2S. The third kappa shape index (κ3) is 4.03. The van der Waals surface area contributed by atoms with Crippen LogP contribution >= 0.6 is 11.8 Å². The molecule has 1 aliphatic heterocycles. The lowest BCUT2D eigenvalue weighted by molar-refractivity contribution is -0.130. The highest BCUT2D eigenvalue weighted by molar-refractivity contribution is 7.99. The number of rotatable bonds is 5. The lowest BCUT2D eigenvalue weighted by Gasteiger charge is -2.15. The summed E-state index contributed by atoms with van der Waals surface area (Å²) in [6.07, 6.45) is 1.90. The van der Waals surface area contributed by atoms with E-state index in [9.17, 15) is 9.90 Å². The zero-order valence-electron chi connectivity index (χ0n) is 10.4. The maximum absolute atomic E-state index is 11.8. The first kappa shape index (κ1) is 13.4. The van der Waals surface area contributed by atoms with Crippen molar-refractivity contribution in [3.63, 3.8) is 0 Å². The summed E-state index contributed by atoms with van der Waals surface area (Å²) in [6, 6.07) is 10.2. The molecule has 1 aromatic carbocycles. The number of benzene rings is 1. The van der Waals surface area contributed by atoms with Crippen LogP contribution in [0.1, 0.15) is 19.3 Å². The highest BCUT2D eigenvalue weighted by Crippen LogP contribution is 2.19. The fraction of sp³-hybridized carbons (Fsp3) is 0.500. The van der Waals surface area contributed by atoms with Gasteiger partial charge in [0, 0.05) is 24.4 Å². The molecule has 1 fully saturated rings. The Hall–Kier alpha value is -1.00. The van der Waals surface area contributed by atoms with Gasteiger partial charge in [-0.1, -0.05) is 18.2 Å². The number of β-amino-alcohol motifs (C(OH)–C–C–N with tert-alkyl or cyclic N) is 1. The number of nitrogens with zero attached hydrogens (tertiary/aromatic N) is 1. The van der Waals surface area contributed by atoms with Crippen LogP contribution in [0.4, 0.5) is 0 Å². The molecule has 0 aromatic heterocycles. The van der Waals surface area contributed by atoms with Crippen molar-refractivity contribution in [2.75, 3.05) is 18.8 Å². The van der Waals surface area contributed by atoms with Crippen LogP contribution in [0.2, 0.25) is 0 Å². The van der Waals surface area contributed by atoms with Gasteiger partial charge in [0.1, 0.15) is 0 Å². The van der Waals surface area contributed by atoms with Gasteiger partial charge in [0.2, 0.25) is 5.91 Å². The molecule has 1 heterocycles. The van der Waals surface area contributed by atoms with Crippen LogP contribution in [0.3, 0.4) is 0 Å². The fourth-order valence-corrected chi connectivity index (χ4v) is 2.93. The standard InChI is InChI=1S/C14H19NO2S/c16-12-8-9-15(11-12)14(17)7-4-10-18-13-5-2-1-3-6-13/h1-3,5-6,12,16H,4,7-11H2/t12-/m0/s1. The quantitative estimate of drug-likeness (QED) is 0.655. The Morgan fingerprint density at radius 2 is 2.17 bits per heavy atom. The average molecular weight is 265 g/mol. The van der Waals surface area contributed by atoms with Gasteiger partial charge in [0.15, 0.2) is 0 Å². The van der Waals surface area contributed by atoms with Gasteiger partial charge in [-0.2, -0.15) is 0 Å². The predicted molar refractivity (Wildman–Crippen MR) is 73.6 cm³/mol. The summed E-state index contributed by atoms with van der Waals surface area (Å²) < 4.78 is 0. The van der Waals surface area contributed by atoms with Crippen LogP contribution in [-0.4, -0.2) is 40.9 Å². The number of aliphatic hydroxyl groups excluding tert-OH is 1. The Labute approximate surface area is 112 Å². The van der Waals surface area contributed by atoms with E-state index in [0.29, 0.717) is 19.5 Å². The van der Waals surface area contributed by atoms with Crippen molar-refractivity contribution >= 4 is 17.7 Å². The highest BCUT2D eigenvalue weighted by Gasteiger charge is 2.23. The Balaban J connectivity index is 1.62. The van der Waals surface area contributed by atoms with E-state index in [2.05, 4.69) is 12.1 Å². The Bertz CT molecular complexity index is 383. The summed E-state index contributed by atoms with van der Waals surface area (Å²) >= 11 is 1.79. The molecule has 1 saturated heterocycles. The van der Waals surface area contributed by atoms with Crippen LogP contribution in [0.5, 0.6) is 0 Å². The zero-order valence-corrected chi connectivity index (χ0v) is 11.2. The molecule has 1 aromatic rings. The number of likely N-dealkylation sites (tertiary alicyclic amines) is 1. The maximum atomic E-state index is 11.8. The molecule has 1 N–H and O–H groups in total. The first-order valence-electron chi connectivity index (χ1n) is 6.39. The van der Waals surface area contributed by atoms with Gasteiger partial charge < -0.3 is 10.0 Å². The second kappa shape index (κ2) is 6.81. The summed E-state index contributed by atoms with van der Waals surface area (Å²) in [5, 5.41) is 9.37. The lowest BCUT2D eigenvalue weighted by Crippen LogP contribution is -2.29. The number of hydrogen-bond donors (Lipinski definition) is 1. The smallest absolute Gasteiger partial charge is 0.222 e. The molecule has 98 valence electrons. The van der Waals surface area contributed by atoms with Crippen LogP contribution in [0.25, 0.3) is 0 Å². The Morgan fingerprint density at radius 1 is 1.39 bits per heavy atom. The van der Waals surface area contributed by atoms with Crippen molar-refractivity contribution in [1.29, 1.82) is 0 Å². The molecule has 2 rings (SSSR count). The average Bonchev–Trinajstić information content (AvgIpc) is 2.82. The van der Waals surface area contributed by atoms with Crippen molar-refractivity contribution in [3.8, 4) is 0 Å². The first-order chi connectivity index (χ1) is 8.75. The molecule has 0 saturated carbocycles. The summed E-state index contributed by atoms with van der Waals surface area (Å²) in [4.78, 5) is 14.8. The van der Waals surface area contributed by atoms with Crippen molar-refractivity contribution < 1.29 is 9.90 Å². The van der Waals surface area contributed by atoms with E-state index >= 15 is 0 Å². The van der Waals surface area contributed by atoms with Crippen LogP contribution in [-0.2, 0) is 4.79 Å². The molecule has 0 bridgehead atoms. The monoisotopic (exact) mass is 265 g/mol. The third-order valence-electron chi connectivity index (χ3n) is 3.06. The van der Waals surface area contributed by atoms with E-state index in [4.69, 9.17) is 0 Å². The fourth-order valence-electron chi connectivity index (χ4n) is 2.06. The summed E-state index contributed by atoms with van der Waals surface area (Å²) in [7, 11) is 0. The van der Waals surface area contributed by atoms with Crippen molar-refractivity contribution in [1.82, 2.24) is 4.90 Å². The molecule has 3 nitrogen and oxygen atoms in total. The summed E-state index contributed by atoms with van der Waals surface area (Å²) in [6.45, 7) is 1.23. The number of amides is 1. The normalized spacial score (nSPS) is 19.2. The van der Waals surface area contributed by atoms with Gasteiger partial charge in [-0.15, -0.1) is 11.8 Å². The summed E-state index contributed by atoms with van der Waals surface area (Å²) in [5.41, 5.74) is 0. The molecule has 0 radical (unpaired) electrons. The van der Waals surface area contributed by atoms with Crippen LogP contribution < -0.4 is 0 Å². The highest BCUT2D eigenvalue weighted by atomic mass is 32.2. The second-order valence-corrected chi connectivity index (χ2v) is 5.72. The van der Waals surface area contributed by atoms with Gasteiger partial charge in [0.05, 0.1) is 6.10 Å². The minimum absolute atomic E-state index is 0.181. The zero-order chi connectivity index (χ0) is 12.8. The Kier molecular flexibility index (Phi) is 5.08. The molecule has 4 heteroatoms. The van der Waals surface area contributed by atoms with Gasteiger partial charge >= 0.3 is 0 Å². The molecule has 1 atom stereocenters. The van der Waals surface area contributed by atoms with Gasteiger partial charge in [0.25, 0.3) is 0 Å². The largest absolute Gasteiger partial charge is 0.391 e. The number of hydrogen-bond acceptors (Lipinski definition) is 3. The van der Waals surface area contributed by atoms with Gasteiger partial charge in [-0.3, -0.25) is 4.79 Å². The van der Waals surface area contributed by atoms with Crippen molar-refractivity contribution in [2.45, 2.75) is 30.3 Å². The Morgan fingerprint density at radius 3 is 2.83 bits per heavy atom. The number of thioether (sulfide) groups is 1.